The molecule has 0 radical (unpaired) electrons. The third-order valence-electron chi connectivity index (χ3n) is 4.89. The average molecular weight is 366 g/mol. The van der Waals surface area contributed by atoms with Crippen molar-refractivity contribution < 1.29 is 23.9 Å². The van der Waals surface area contributed by atoms with Gasteiger partial charge in [-0.15, -0.1) is 11.6 Å². The van der Waals surface area contributed by atoms with Gasteiger partial charge < -0.3 is 19.2 Å². The normalized spacial score (nSPS) is 25.6. The topological polar surface area (TPSA) is 76.1 Å². The number of hydrogen-bond acceptors (Lipinski definition) is 5. The van der Waals surface area contributed by atoms with Crippen LogP contribution in [-0.2, 0) is 18.8 Å². The van der Waals surface area contributed by atoms with E-state index in [-0.39, 0.29) is 17.5 Å². The molecule has 1 amide bonds. The number of aliphatic hydroxyl groups excluding tert-OH is 1. The fourth-order valence-corrected chi connectivity index (χ4v) is 4.06. The van der Waals surface area contributed by atoms with Gasteiger partial charge in [0.25, 0.3) is 0 Å². The Kier molecular flexibility index (Phi) is 6.66. The van der Waals surface area contributed by atoms with E-state index in [0.717, 1.165) is 0 Å². The number of carbonyl (C=O) groups is 2. The molecule has 0 aromatic heterocycles. The Morgan fingerprint density at radius 3 is 2.30 bits per heavy atom. The Balaban J connectivity index is 3.10. The minimum absolute atomic E-state index is 0.0162. The lowest BCUT2D eigenvalue weighted by molar-refractivity contribution is -0.151. The molecule has 1 fully saturated rings. The maximum atomic E-state index is 12.2. The predicted octanol–water partition coefficient (Wildman–Crippen LogP) is 1.75. The molecule has 1 aliphatic rings. The summed E-state index contributed by atoms with van der Waals surface area (Å²) >= 11 is 5.66. The molecular formula is C15H28ClNO5Si. The molecule has 3 atom stereocenters. The number of likely N-dealkylation sites (tertiary alicyclic amines) is 1. The van der Waals surface area contributed by atoms with Crippen molar-refractivity contribution in [3.8, 4) is 0 Å². The van der Waals surface area contributed by atoms with E-state index in [1.807, 2.05) is 0 Å². The first-order valence-electron chi connectivity index (χ1n) is 7.73. The maximum absolute atomic E-state index is 12.2. The van der Waals surface area contributed by atoms with Crippen LogP contribution >= 0.6 is 11.6 Å². The Hall–Kier alpha value is -0.633. The first-order chi connectivity index (χ1) is 10.5. The Labute approximate surface area is 144 Å². The molecule has 23 heavy (non-hydrogen) atoms. The van der Waals surface area contributed by atoms with Crippen molar-refractivity contribution >= 4 is 31.8 Å². The molecule has 1 heterocycles. The average Bonchev–Trinajstić information content (AvgIpc) is 2.81. The van der Waals surface area contributed by atoms with Gasteiger partial charge in [0.1, 0.15) is 11.9 Å². The van der Waals surface area contributed by atoms with Gasteiger partial charge in [-0.05, 0) is 18.1 Å². The van der Waals surface area contributed by atoms with Crippen LogP contribution in [0.25, 0.3) is 0 Å². The van der Waals surface area contributed by atoms with Gasteiger partial charge in [-0.2, -0.15) is 0 Å². The number of amides is 1. The highest BCUT2D eigenvalue weighted by Gasteiger charge is 2.50. The smallest absolute Gasteiger partial charge is 0.328 e. The molecule has 1 saturated heterocycles. The first-order valence-corrected chi connectivity index (χ1v) is 11.2. The number of rotatable bonds is 5. The molecule has 1 N–H and O–H groups in total. The van der Waals surface area contributed by atoms with Crippen molar-refractivity contribution in [2.24, 2.45) is 0 Å². The molecule has 8 heteroatoms. The zero-order chi connectivity index (χ0) is 18.0. The van der Waals surface area contributed by atoms with Crippen molar-refractivity contribution in [3.05, 3.63) is 0 Å². The quantitative estimate of drug-likeness (QED) is 0.456. The minimum Gasteiger partial charge on any atom is -0.467 e. The molecule has 0 aromatic rings. The van der Waals surface area contributed by atoms with Crippen molar-refractivity contribution in [3.63, 3.8) is 0 Å². The summed E-state index contributed by atoms with van der Waals surface area (Å²) in [6, 6.07) is -1.35. The molecule has 0 spiro atoms. The van der Waals surface area contributed by atoms with E-state index in [1.165, 1.54) is 12.0 Å². The van der Waals surface area contributed by atoms with E-state index < -0.39 is 38.4 Å². The number of halogens is 1. The molecule has 0 saturated carbocycles. The summed E-state index contributed by atoms with van der Waals surface area (Å²) in [5, 5.41) is 9.75. The highest BCUT2D eigenvalue weighted by molar-refractivity contribution is 6.74. The predicted molar refractivity (Wildman–Crippen MR) is 90.9 cm³/mol. The van der Waals surface area contributed by atoms with E-state index in [2.05, 4.69) is 33.9 Å². The van der Waals surface area contributed by atoms with E-state index >= 15 is 0 Å². The molecule has 1 aliphatic heterocycles. The minimum atomic E-state index is -2.11. The van der Waals surface area contributed by atoms with Crippen LogP contribution in [0.5, 0.6) is 0 Å². The van der Waals surface area contributed by atoms with Gasteiger partial charge in [0, 0.05) is 6.42 Å². The third kappa shape index (κ3) is 4.26. The number of alkyl halides is 1. The van der Waals surface area contributed by atoms with E-state index in [1.54, 1.807) is 0 Å². The molecule has 0 bridgehead atoms. The third-order valence-corrected chi connectivity index (χ3v) is 9.63. The lowest BCUT2D eigenvalue weighted by Crippen LogP contribution is -2.51. The summed E-state index contributed by atoms with van der Waals surface area (Å²) in [6.45, 7) is 10.3. The van der Waals surface area contributed by atoms with Crippen LogP contribution in [0.15, 0.2) is 0 Å². The molecule has 0 unspecified atom stereocenters. The zero-order valence-corrected chi connectivity index (χ0v) is 16.5. The molecule has 0 aromatic carbocycles. The monoisotopic (exact) mass is 365 g/mol. The summed E-state index contributed by atoms with van der Waals surface area (Å²) in [5.41, 5.74) is 0. The second kappa shape index (κ2) is 7.50. The Bertz CT molecular complexity index is 452. The summed E-state index contributed by atoms with van der Waals surface area (Å²) in [6.07, 6.45) is -0.0929. The summed E-state index contributed by atoms with van der Waals surface area (Å²) in [7, 11) is -0.832. The van der Waals surface area contributed by atoms with Crippen LogP contribution in [0.3, 0.4) is 0 Å². The van der Waals surface area contributed by atoms with Crippen molar-refractivity contribution in [1.29, 1.82) is 0 Å². The summed E-state index contributed by atoms with van der Waals surface area (Å²) in [4.78, 5) is 25.5. The number of aliphatic hydroxyl groups is 1. The van der Waals surface area contributed by atoms with Crippen LogP contribution in [0.1, 0.15) is 27.2 Å². The van der Waals surface area contributed by atoms with Crippen molar-refractivity contribution in [2.75, 3.05) is 19.6 Å². The van der Waals surface area contributed by atoms with Gasteiger partial charge in [-0.1, -0.05) is 20.8 Å². The van der Waals surface area contributed by atoms with Gasteiger partial charge in [-0.25, -0.2) is 4.79 Å². The highest BCUT2D eigenvalue weighted by atomic mass is 35.5. The zero-order valence-electron chi connectivity index (χ0n) is 14.8. The molecule has 6 nitrogen and oxygen atoms in total. The van der Waals surface area contributed by atoms with E-state index in [0.29, 0.717) is 6.42 Å². The van der Waals surface area contributed by atoms with Crippen LogP contribution in [0.4, 0.5) is 0 Å². The van der Waals surface area contributed by atoms with E-state index in [4.69, 9.17) is 20.8 Å². The molecule has 1 rings (SSSR count). The first kappa shape index (κ1) is 20.4. The number of nitrogens with zero attached hydrogens (tertiary/aromatic N) is 1. The van der Waals surface area contributed by atoms with Gasteiger partial charge >= 0.3 is 5.97 Å². The number of esters is 1. The fraction of sp³-hybridized carbons (Fsp3) is 0.867. The molecule has 134 valence electrons. The number of ether oxygens (including phenoxy) is 1. The van der Waals surface area contributed by atoms with Crippen molar-refractivity contribution in [2.45, 2.75) is 63.5 Å². The number of methoxy groups -OCH3 is 1. The number of carbonyl (C=O) groups excluding carboxylic acids is 2. The SMILES string of the molecule is COC(=O)[C@@H]1C[C@H](O[Si](C)(C)C(C)(C)C)[C@H](CO)N1C(=O)CCl. The second-order valence-corrected chi connectivity index (χ2v) is 12.4. The largest absolute Gasteiger partial charge is 0.467 e. The highest BCUT2D eigenvalue weighted by Crippen LogP contribution is 2.40. The molecule has 0 aliphatic carbocycles. The van der Waals surface area contributed by atoms with E-state index in [9.17, 15) is 14.7 Å². The summed E-state index contributed by atoms with van der Waals surface area (Å²) in [5.74, 6) is -1.16. The summed E-state index contributed by atoms with van der Waals surface area (Å²) < 4.78 is 11.1. The standard InChI is InChI=1S/C15H28ClNO5Si/c1-15(2,3)23(5,6)22-12-7-10(14(20)21-4)17(11(12)9-18)13(19)8-16/h10-12,18H,7-9H2,1-6H3/t10-,11-,12-/m0/s1. The Morgan fingerprint density at radius 2 is 1.91 bits per heavy atom. The fourth-order valence-electron chi connectivity index (χ4n) is 2.56. The van der Waals surface area contributed by atoms with Crippen LogP contribution in [0, 0.1) is 0 Å². The van der Waals surface area contributed by atoms with Gasteiger partial charge in [-0.3, -0.25) is 4.79 Å². The molecular weight excluding hydrogens is 338 g/mol. The number of hydrogen-bond donors (Lipinski definition) is 1. The van der Waals surface area contributed by atoms with Crippen LogP contribution in [-0.4, -0.2) is 68.0 Å². The second-order valence-electron chi connectivity index (χ2n) is 7.38. The van der Waals surface area contributed by atoms with Gasteiger partial charge in [0.15, 0.2) is 8.32 Å². The lowest BCUT2D eigenvalue weighted by Gasteiger charge is -2.40. The Morgan fingerprint density at radius 1 is 1.35 bits per heavy atom. The van der Waals surface area contributed by atoms with Gasteiger partial charge in [0.05, 0.1) is 25.9 Å². The van der Waals surface area contributed by atoms with Crippen LogP contribution < -0.4 is 0 Å². The maximum Gasteiger partial charge on any atom is 0.328 e. The van der Waals surface area contributed by atoms with Crippen LogP contribution in [0.2, 0.25) is 18.1 Å². The lowest BCUT2D eigenvalue weighted by atomic mass is 10.1. The van der Waals surface area contributed by atoms with Gasteiger partial charge in [0.2, 0.25) is 5.91 Å². The van der Waals surface area contributed by atoms with Crippen molar-refractivity contribution in [1.82, 2.24) is 4.90 Å².